The Morgan fingerprint density at radius 3 is 2.63 bits per heavy atom. The van der Waals surface area contributed by atoms with Crippen LogP contribution in [0.15, 0.2) is 35.3 Å². The van der Waals surface area contributed by atoms with Crippen LogP contribution in [0.4, 0.5) is 0 Å². The van der Waals surface area contributed by atoms with Crippen molar-refractivity contribution in [2.24, 2.45) is 0 Å². The summed E-state index contributed by atoms with van der Waals surface area (Å²) in [7, 11) is 1.67. The van der Waals surface area contributed by atoms with Crippen molar-refractivity contribution in [3.05, 3.63) is 52.2 Å². The van der Waals surface area contributed by atoms with Crippen molar-refractivity contribution in [3.63, 3.8) is 0 Å². The average molecular weight is 367 g/mol. The maximum absolute atomic E-state index is 12.9. The van der Waals surface area contributed by atoms with Crippen LogP contribution < -0.4 is 10.3 Å². The number of ether oxygens (including phenoxy) is 1. The molecule has 142 valence electrons. The molecule has 7 heteroatoms. The van der Waals surface area contributed by atoms with Crippen LogP contribution in [-0.2, 0) is 19.5 Å². The average Bonchev–Trinajstić information content (AvgIpc) is 2.99. The quantitative estimate of drug-likeness (QED) is 0.708. The molecule has 1 aliphatic heterocycles. The van der Waals surface area contributed by atoms with Gasteiger partial charge in [-0.2, -0.15) is 5.10 Å². The standard InChI is InChI=1S/C20H25N5O2/c1-14(2)25-19-17(12-21-25)20(26)24-11-10-23(9-8-18(24)22-19)13-15-4-6-16(27-3)7-5-15/h4-7,12,14H,8-11,13H2,1-3H3. The summed E-state index contributed by atoms with van der Waals surface area (Å²) in [5.74, 6) is 1.72. The Bertz CT molecular complexity index is 1000. The summed E-state index contributed by atoms with van der Waals surface area (Å²) in [6.07, 6.45) is 2.41. The van der Waals surface area contributed by atoms with Gasteiger partial charge < -0.3 is 4.74 Å². The lowest BCUT2D eigenvalue weighted by Crippen LogP contribution is -2.28. The Morgan fingerprint density at radius 2 is 1.93 bits per heavy atom. The van der Waals surface area contributed by atoms with Gasteiger partial charge in [0.1, 0.15) is 17.0 Å². The van der Waals surface area contributed by atoms with Gasteiger partial charge in [-0.25, -0.2) is 9.67 Å². The van der Waals surface area contributed by atoms with Crippen molar-refractivity contribution in [2.45, 2.75) is 39.4 Å². The zero-order valence-electron chi connectivity index (χ0n) is 16.1. The van der Waals surface area contributed by atoms with E-state index in [-0.39, 0.29) is 11.6 Å². The van der Waals surface area contributed by atoms with Crippen LogP contribution in [-0.4, -0.2) is 44.4 Å². The molecule has 0 unspecified atom stereocenters. The second-order valence-corrected chi connectivity index (χ2v) is 7.28. The predicted octanol–water partition coefficient (Wildman–Crippen LogP) is 2.24. The third kappa shape index (κ3) is 3.35. The molecule has 4 rings (SSSR count). The fraction of sp³-hybridized carbons (Fsp3) is 0.450. The highest BCUT2D eigenvalue weighted by molar-refractivity contribution is 5.73. The summed E-state index contributed by atoms with van der Waals surface area (Å²) >= 11 is 0. The number of methoxy groups -OCH3 is 1. The summed E-state index contributed by atoms with van der Waals surface area (Å²) < 4.78 is 8.88. The molecule has 0 saturated carbocycles. The topological polar surface area (TPSA) is 65.2 Å². The highest BCUT2D eigenvalue weighted by atomic mass is 16.5. The molecule has 0 bridgehead atoms. The Labute approximate surface area is 158 Å². The van der Waals surface area contributed by atoms with Crippen molar-refractivity contribution in [1.29, 1.82) is 0 Å². The molecule has 0 spiro atoms. The van der Waals surface area contributed by atoms with E-state index in [0.717, 1.165) is 37.6 Å². The van der Waals surface area contributed by atoms with Crippen molar-refractivity contribution >= 4 is 11.0 Å². The minimum absolute atomic E-state index is 0.0215. The van der Waals surface area contributed by atoms with Crippen LogP contribution in [0, 0.1) is 0 Å². The van der Waals surface area contributed by atoms with Crippen LogP contribution >= 0.6 is 0 Å². The number of rotatable bonds is 4. The summed E-state index contributed by atoms with van der Waals surface area (Å²) in [5, 5.41) is 4.96. The monoisotopic (exact) mass is 367 g/mol. The molecule has 0 amide bonds. The molecule has 1 aromatic carbocycles. The van der Waals surface area contributed by atoms with E-state index in [0.29, 0.717) is 17.6 Å². The fourth-order valence-corrected chi connectivity index (χ4v) is 3.62. The molecular weight excluding hydrogens is 342 g/mol. The van der Waals surface area contributed by atoms with E-state index in [4.69, 9.17) is 9.72 Å². The van der Waals surface area contributed by atoms with E-state index in [2.05, 4.69) is 22.1 Å². The maximum Gasteiger partial charge on any atom is 0.264 e. The highest BCUT2D eigenvalue weighted by Gasteiger charge is 2.20. The van der Waals surface area contributed by atoms with Gasteiger partial charge in [0, 0.05) is 38.6 Å². The van der Waals surface area contributed by atoms with Crippen molar-refractivity contribution in [3.8, 4) is 5.75 Å². The van der Waals surface area contributed by atoms with Crippen molar-refractivity contribution in [2.75, 3.05) is 20.2 Å². The Morgan fingerprint density at radius 1 is 1.15 bits per heavy atom. The lowest BCUT2D eigenvalue weighted by Gasteiger charge is -2.19. The van der Waals surface area contributed by atoms with Gasteiger partial charge in [0.05, 0.1) is 13.3 Å². The smallest absolute Gasteiger partial charge is 0.264 e. The molecule has 0 aliphatic carbocycles. The summed E-state index contributed by atoms with van der Waals surface area (Å²) in [6, 6.07) is 8.32. The zero-order chi connectivity index (χ0) is 19.0. The van der Waals surface area contributed by atoms with Gasteiger partial charge in [-0.15, -0.1) is 0 Å². The first kappa shape index (κ1) is 17.7. The Kier molecular flexibility index (Phi) is 4.70. The molecule has 0 saturated heterocycles. The third-order valence-electron chi connectivity index (χ3n) is 5.14. The van der Waals surface area contributed by atoms with Gasteiger partial charge in [0.15, 0.2) is 5.65 Å². The fourth-order valence-electron chi connectivity index (χ4n) is 3.62. The van der Waals surface area contributed by atoms with Crippen LogP contribution in [0.5, 0.6) is 5.75 Å². The van der Waals surface area contributed by atoms with Gasteiger partial charge in [-0.05, 0) is 31.5 Å². The zero-order valence-corrected chi connectivity index (χ0v) is 16.1. The highest BCUT2D eigenvalue weighted by Crippen LogP contribution is 2.17. The van der Waals surface area contributed by atoms with E-state index in [1.54, 1.807) is 13.3 Å². The van der Waals surface area contributed by atoms with Gasteiger partial charge in [-0.1, -0.05) is 12.1 Å². The predicted molar refractivity (Wildman–Crippen MR) is 104 cm³/mol. The molecule has 0 fully saturated rings. The third-order valence-corrected chi connectivity index (χ3v) is 5.14. The number of hydrogen-bond donors (Lipinski definition) is 0. The van der Waals surface area contributed by atoms with E-state index >= 15 is 0 Å². The maximum atomic E-state index is 12.9. The van der Waals surface area contributed by atoms with Gasteiger partial charge in [0.25, 0.3) is 5.56 Å². The van der Waals surface area contributed by atoms with E-state index < -0.39 is 0 Å². The second kappa shape index (κ2) is 7.15. The molecule has 0 radical (unpaired) electrons. The number of aromatic nitrogens is 4. The second-order valence-electron chi connectivity index (χ2n) is 7.28. The molecule has 3 aromatic rings. The number of nitrogens with zero attached hydrogens (tertiary/aromatic N) is 5. The molecule has 3 heterocycles. The van der Waals surface area contributed by atoms with Gasteiger partial charge >= 0.3 is 0 Å². The van der Waals surface area contributed by atoms with Crippen molar-refractivity contribution in [1.82, 2.24) is 24.2 Å². The number of benzene rings is 1. The largest absolute Gasteiger partial charge is 0.497 e. The minimum Gasteiger partial charge on any atom is -0.497 e. The van der Waals surface area contributed by atoms with Crippen LogP contribution in [0.3, 0.4) is 0 Å². The lowest BCUT2D eigenvalue weighted by molar-refractivity contribution is 0.271. The molecule has 0 atom stereocenters. The minimum atomic E-state index is 0.0215. The molecule has 0 N–H and O–H groups in total. The summed E-state index contributed by atoms with van der Waals surface area (Å²) in [5.41, 5.74) is 1.96. The number of fused-ring (bicyclic) bond motifs is 2. The molecule has 27 heavy (non-hydrogen) atoms. The Balaban J connectivity index is 1.58. The Hall–Kier alpha value is -2.67. The summed E-state index contributed by atoms with van der Waals surface area (Å²) in [4.78, 5) is 20.1. The van der Waals surface area contributed by atoms with Crippen LogP contribution in [0.1, 0.15) is 31.3 Å². The van der Waals surface area contributed by atoms with Crippen LogP contribution in [0.25, 0.3) is 11.0 Å². The normalized spacial score (nSPS) is 15.1. The molecule has 2 aromatic heterocycles. The van der Waals surface area contributed by atoms with Gasteiger partial charge in [0.2, 0.25) is 0 Å². The first-order valence-corrected chi connectivity index (χ1v) is 9.39. The van der Waals surface area contributed by atoms with Crippen molar-refractivity contribution < 1.29 is 4.74 Å². The SMILES string of the molecule is COc1ccc(CN2CCc3nc4c(cnn4C(C)C)c(=O)n3CC2)cc1. The van der Waals surface area contributed by atoms with E-state index in [1.165, 1.54) is 5.56 Å². The first-order chi connectivity index (χ1) is 13.1. The van der Waals surface area contributed by atoms with E-state index in [1.807, 2.05) is 35.2 Å². The first-order valence-electron chi connectivity index (χ1n) is 9.39. The summed E-state index contributed by atoms with van der Waals surface area (Å²) in [6.45, 7) is 7.30. The number of hydrogen-bond acceptors (Lipinski definition) is 5. The molecular formula is C20H25N5O2. The van der Waals surface area contributed by atoms with Gasteiger partial charge in [-0.3, -0.25) is 14.3 Å². The lowest BCUT2D eigenvalue weighted by atomic mass is 10.2. The molecule has 1 aliphatic rings. The van der Waals surface area contributed by atoms with Crippen LogP contribution in [0.2, 0.25) is 0 Å². The molecule has 7 nitrogen and oxygen atoms in total. The van der Waals surface area contributed by atoms with E-state index in [9.17, 15) is 4.79 Å².